The molecule has 1 amide bonds. The number of carbonyl (C=O) groups is 1. The lowest BCUT2D eigenvalue weighted by atomic mass is 10.2. The minimum absolute atomic E-state index is 0.0210. The van der Waals surface area contributed by atoms with Crippen LogP contribution in [0.4, 0.5) is 10.8 Å². The fourth-order valence-electron chi connectivity index (χ4n) is 2.33. The van der Waals surface area contributed by atoms with Crippen LogP contribution in [0.1, 0.15) is 10.4 Å². The SMILES string of the molecule is CS(=O)(=O)c1ccc(C(=O)Nc2ncc(S(=O)(=O)c3ccc([N+](=O)[O-])cc3)s2)cc1. The van der Waals surface area contributed by atoms with E-state index in [2.05, 4.69) is 10.3 Å². The van der Waals surface area contributed by atoms with Crippen LogP contribution >= 0.6 is 11.3 Å². The Kier molecular flexibility index (Phi) is 5.70. The molecule has 0 bridgehead atoms. The van der Waals surface area contributed by atoms with E-state index in [0.717, 1.165) is 36.7 Å². The predicted octanol–water partition coefficient (Wildman–Crippen LogP) is 2.54. The molecule has 13 heteroatoms. The summed E-state index contributed by atoms with van der Waals surface area (Å²) >= 11 is 0.715. The molecule has 1 aromatic heterocycles. The monoisotopic (exact) mass is 467 g/mol. The molecule has 3 aromatic rings. The molecule has 156 valence electrons. The molecule has 30 heavy (non-hydrogen) atoms. The molecule has 0 fully saturated rings. The van der Waals surface area contributed by atoms with Gasteiger partial charge in [-0.3, -0.25) is 20.2 Å². The van der Waals surface area contributed by atoms with E-state index in [-0.39, 0.29) is 30.4 Å². The molecule has 0 spiro atoms. The van der Waals surface area contributed by atoms with Gasteiger partial charge in [-0.1, -0.05) is 11.3 Å². The molecular formula is C17H13N3O7S3. The average Bonchev–Trinajstić information content (AvgIpc) is 3.17. The molecule has 0 unspecified atom stereocenters. The van der Waals surface area contributed by atoms with Crippen LogP contribution in [-0.4, -0.2) is 38.9 Å². The number of nitrogens with zero attached hydrogens (tertiary/aromatic N) is 2. The molecule has 0 radical (unpaired) electrons. The van der Waals surface area contributed by atoms with Gasteiger partial charge in [-0.2, -0.15) is 0 Å². The van der Waals surface area contributed by atoms with Crippen LogP contribution in [0.25, 0.3) is 0 Å². The van der Waals surface area contributed by atoms with Crippen LogP contribution in [-0.2, 0) is 19.7 Å². The fourth-order valence-corrected chi connectivity index (χ4v) is 5.39. The topological polar surface area (TPSA) is 153 Å². The Hall–Kier alpha value is -3.16. The van der Waals surface area contributed by atoms with Gasteiger partial charge in [-0.25, -0.2) is 21.8 Å². The van der Waals surface area contributed by atoms with Gasteiger partial charge in [0, 0.05) is 24.0 Å². The number of anilines is 1. The largest absolute Gasteiger partial charge is 0.298 e. The van der Waals surface area contributed by atoms with Crippen molar-refractivity contribution in [2.45, 2.75) is 14.0 Å². The summed E-state index contributed by atoms with van der Waals surface area (Å²) in [6.45, 7) is 0. The van der Waals surface area contributed by atoms with Crippen LogP contribution in [0, 0.1) is 10.1 Å². The van der Waals surface area contributed by atoms with Crippen molar-refractivity contribution in [3.63, 3.8) is 0 Å². The van der Waals surface area contributed by atoms with Crippen molar-refractivity contribution in [2.24, 2.45) is 0 Å². The maximum Gasteiger partial charge on any atom is 0.269 e. The Morgan fingerprint density at radius 3 is 2.10 bits per heavy atom. The molecule has 3 rings (SSSR count). The smallest absolute Gasteiger partial charge is 0.269 e. The second-order valence-electron chi connectivity index (χ2n) is 5.99. The number of sulfone groups is 2. The average molecular weight is 468 g/mol. The highest BCUT2D eigenvalue weighted by molar-refractivity contribution is 7.93. The molecule has 10 nitrogen and oxygen atoms in total. The lowest BCUT2D eigenvalue weighted by Gasteiger charge is -2.03. The van der Waals surface area contributed by atoms with E-state index in [1.54, 1.807) is 0 Å². The highest BCUT2D eigenvalue weighted by atomic mass is 32.2. The second-order valence-corrected chi connectivity index (χ2v) is 11.2. The van der Waals surface area contributed by atoms with E-state index in [0.29, 0.717) is 11.3 Å². The highest BCUT2D eigenvalue weighted by Gasteiger charge is 2.22. The van der Waals surface area contributed by atoms with Crippen LogP contribution in [0.2, 0.25) is 0 Å². The van der Waals surface area contributed by atoms with Crippen molar-refractivity contribution < 1.29 is 26.6 Å². The van der Waals surface area contributed by atoms with Gasteiger partial charge in [0.05, 0.1) is 20.9 Å². The third-order valence-electron chi connectivity index (χ3n) is 3.87. The Balaban J connectivity index is 1.78. The Bertz CT molecular complexity index is 1330. The fraction of sp³-hybridized carbons (Fsp3) is 0.0588. The Labute approximate surface area is 175 Å². The predicted molar refractivity (Wildman–Crippen MR) is 108 cm³/mol. The quantitative estimate of drug-likeness (QED) is 0.428. The first-order valence-electron chi connectivity index (χ1n) is 8.05. The molecule has 1 N–H and O–H groups in total. The number of hydrogen-bond donors (Lipinski definition) is 1. The zero-order valence-corrected chi connectivity index (χ0v) is 17.6. The van der Waals surface area contributed by atoms with E-state index in [4.69, 9.17) is 0 Å². The summed E-state index contributed by atoms with van der Waals surface area (Å²) in [5.74, 6) is -0.594. The Morgan fingerprint density at radius 1 is 1.00 bits per heavy atom. The van der Waals surface area contributed by atoms with Gasteiger partial charge in [0.15, 0.2) is 15.0 Å². The van der Waals surface area contributed by atoms with Gasteiger partial charge in [-0.05, 0) is 36.4 Å². The minimum Gasteiger partial charge on any atom is -0.298 e. The first-order chi connectivity index (χ1) is 14.0. The number of nitro benzene ring substituents is 1. The highest BCUT2D eigenvalue weighted by Crippen LogP contribution is 2.29. The maximum absolute atomic E-state index is 12.6. The van der Waals surface area contributed by atoms with Gasteiger partial charge in [0.1, 0.15) is 4.21 Å². The van der Waals surface area contributed by atoms with Crippen LogP contribution in [0.5, 0.6) is 0 Å². The number of thiazole rings is 1. The van der Waals surface area contributed by atoms with Crippen molar-refractivity contribution in [1.82, 2.24) is 4.98 Å². The lowest BCUT2D eigenvalue weighted by molar-refractivity contribution is -0.384. The molecule has 2 aromatic carbocycles. The number of non-ortho nitro benzene ring substituents is 1. The number of hydrogen-bond acceptors (Lipinski definition) is 9. The zero-order valence-electron chi connectivity index (χ0n) is 15.2. The molecular weight excluding hydrogens is 454 g/mol. The number of nitro groups is 1. The summed E-state index contributed by atoms with van der Waals surface area (Å²) in [6.07, 6.45) is 2.12. The van der Waals surface area contributed by atoms with Crippen molar-refractivity contribution in [3.05, 3.63) is 70.4 Å². The number of carbonyl (C=O) groups excluding carboxylic acids is 1. The first kappa shape index (κ1) is 21.5. The summed E-state index contributed by atoms with van der Waals surface area (Å²) in [7, 11) is -7.36. The number of benzene rings is 2. The summed E-state index contributed by atoms with van der Waals surface area (Å²) < 4.78 is 48.1. The van der Waals surface area contributed by atoms with Crippen molar-refractivity contribution >= 4 is 47.7 Å². The minimum atomic E-state index is -3.97. The summed E-state index contributed by atoms with van der Waals surface area (Å²) in [4.78, 5) is 26.2. The van der Waals surface area contributed by atoms with Crippen LogP contribution < -0.4 is 5.32 Å². The number of nitrogens with one attached hydrogen (secondary N) is 1. The van der Waals surface area contributed by atoms with E-state index in [1.807, 2.05) is 0 Å². The van der Waals surface area contributed by atoms with Crippen molar-refractivity contribution in [3.8, 4) is 0 Å². The molecule has 0 aliphatic carbocycles. The molecule has 0 saturated carbocycles. The van der Waals surface area contributed by atoms with E-state index in [9.17, 15) is 31.7 Å². The first-order valence-corrected chi connectivity index (χ1v) is 12.2. The molecule has 0 saturated heterocycles. The van der Waals surface area contributed by atoms with Gasteiger partial charge < -0.3 is 0 Å². The van der Waals surface area contributed by atoms with Crippen LogP contribution in [0.15, 0.2) is 68.7 Å². The molecule has 0 atom stereocenters. The summed E-state index contributed by atoms with van der Waals surface area (Å²) in [5.41, 5.74) is -0.0783. The normalized spacial score (nSPS) is 11.8. The maximum atomic E-state index is 12.6. The number of aromatic nitrogens is 1. The zero-order chi connectivity index (χ0) is 22.1. The third-order valence-corrected chi connectivity index (χ3v) is 8.14. The summed E-state index contributed by atoms with van der Waals surface area (Å²) in [5, 5.41) is 13.2. The van der Waals surface area contributed by atoms with Crippen LogP contribution in [0.3, 0.4) is 0 Å². The summed E-state index contributed by atoms with van der Waals surface area (Å²) in [6, 6.07) is 9.63. The standard InChI is InChI=1S/C17H13N3O7S3/c1-29(24,25)13-6-2-11(3-7-13)16(21)19-17-18-10-15(28-17)30(26,27)14-8-4-12(5-9-14)20(22)23/h2-10H,1H3,(H,18,19,21). The third kappa shape index (κ3) is 4.53. The number of rotatable bonds is 6. The van der Waals surface area contributed by atoms with E-state index in [1.165, 1.54) is 24.3 Å². The number of amides is 1. The van der Waals surface area contributed by atoms with Gasteiger partial charge in [-0.15, -0.1) is 0 Å². The lowest BCUT2D eigenvalue weighted by Crippen LogP contribution is -2.11. The Morgan fingerprint density at radius 2 is 1.57 bits per heavy atom. The van der Waals surface area contributed by atoms with Gasteiger partial charge in [0.2, 0.25) is 9.84 Å². The molecule has 1 heterocycles. The van der Waals surface area contributed by atoms with Gasteiger partial charge >= 0.3 is 0 Å². The molecule has 0 aliphatic heterocycles. The van der Waals surface area contributed by atoms with Gasteiger partial charge in [0.25, 0.3) is 11.6 Å². The van der Waals surface area contributed by atoms with E-state index >= 15 is 0 Å². The molecule has 0 aliphatic rings. The van der Waals surface area contributed by atoms with E-state index < -0.39 is 30.5 Å². The van der Waals surface area contributed by atoms with Crippen molar-refractivity contribution in [1.29, 1.82) is 0 Å². The van der Waals surface area contributed by atoms with Crippen molar-refractivity contribution in [2.75, 3.05) is 11.6 Å². The second kappa shape index (κ2) is 7.93.